The maximum atomic E-state index is 16.0. The van der Waals surface area contributed by atoms with Gasteiger partial charge < -0.3 is 0 Å². The van der Waals surface area contributed by atoms with Crippen molar-refractivity contribution < 1.29 is 65.9 Å². The zero-order valence-corrected chi connectivity index (χ0v) is 35.2. The molecule has 0 saturated heterocycles. The van der Waals surface area contributed by atoms with Gasteiger partial charge in [-0.25, -0.2) is 0 Å². The van der Waals surface area contributed by atoms with Gasteiger partial charge in [0.1, 0.15) is 0 Å². The average molecular weight is 997 g/mol. The van der Waals surface area contributed by atoms with Crippen LogP contribution in [-0.4, -0.2) is 45.4 Å². The van der Waals surface area contributed by atoms with Crippen LogP contribution >= 0.6 is 0 Å². The molecule has 0 amide bonds. The Hall–Kier alpha value is -7.46. The number of aliphatic imine (C=N–C) groups is 3. The second-order valence-electron chi connectivity index (χ2n) is 14.3. The second-order valence-corrected chi connectivity index (χ2v) is 19.2. The molecular weight excluding hydrogens is 979 g/mol. The molecule has 0 N–H and O–H groups in total. The van der Waals surface area contributed by atoms with E-state index in [1.54, 1.807) is 0 Å². The average Bonchev–Trinajstić information content (AvgIpc) is 4.19. The quantitative estimate of drug-likeness (QED) is 0.0600. The van der Waals surface area contributed by atoms with Gasteiger partial charge >= 0.3 is 373 Å². The second kappa shape index (κ2) is 17.1. The summed E-state index contributed by atoms with van der Waals surface area (Å²) in [6, 6.07) is 7.05. The summed E-state index contributed by atoms with van der Waals surface area (Å²) in [5, 5.41) is 0. The molecular formula is C45H18F15GaN6. The number of halogens is 15. The molecule has 0 spiro atoms. The van der Waals surface area contributed by atoms with Crippen LogP contribution in [0.25, 0.3) is 16.7 Å². The van der Waals surface area contributed by atoms with Gasteiger partial charge in [-0.05, 0) is 0 Å². The predicted molar refractivity (Wildman–Crippen MR) is 215 cm³/mol. The van der Waals surface area contributed by atoms with E-state index in [9.17, 15) is 13.2 Å². The van der Waals surface area contributed by atoms with Gasteiger partial charge in [0.05, 0.1) is 0 Å². The number of aromatic nitrogens is 3. The Morgan fingerprint density at radius 1 is 0.328 bits per heavy atom. The standard InChI is InChI=1S/3C15H6F5N2.Ga/c3*16-11-10(12(17)14(19)15(20)13(11)18)9(7-3-1-5-21-7)8-4-2-6-22-8;/h3*1-6H;/q3*-1;+3. The van der Waals surface area contributed by atoms with E-state index in [0.29, 0.717) is 0 Å². The van der Waals surface area contributed by atoms with Gasteiger partial charge in [0.2, 0.25) is 0 Å². The summed E-state index contributed by atoms with van der Waals surface area (Å²) in [7, 11) is 0. The van der Waals surface area contributed by atoms with Crippen LogP contribution < -0.4 is 0 Å². The molecule has 22 heteroatoms. The molecule has 6 nitrogen and oxygen atoms in total. The summed E-state index contributed by atoms with van der Waals surface area (Å²) < 4.78 is 233. The molecule has 67 heavy (non-hydrogen) atoms. The topological polar surface area (TPSA) is 51.9 Å². The van der Waals surface area contributed by atoms with Crippen molar-refractivity contribution in [2.75, 3.05) is 0 Å². The molecule has 6 heterocycles. The first-order valence-corrected chi connectivity index (χ1v) is 22.2. The van der Waals surface area contributed by atoms with Crippen LogP contribution in [-0.2, 0) is 0 Å². The van der Waals surface area contributed by atoms with Crippen molar-refractivity contribution in [3.8, 4) is 0 Å². The Kier molecular flexibility index (Phi) is 11.4. The number of hydrogen-bond acceptors (Lipinski definition) is 3. The molecule has 3 aliphatic rings. The monoisotopic (exact) mass is 996 g/mol. The van der Waals surface area contributed by atoms with Gasteiger partial charge in [0.15, 0.2) is 0 Å². The fourth-order valence-corrected chi connectivity index (χ4v) is 14.0. The van der Waals surface area contributed by atoms with Crippen molar-refractivity contribution in [1.82, 2.24) is 9.82 Å². The van der Waals surface area contributed by atoms with Crippen LogP contribution in [0.1, 0.15) is 33.8 Å². The number of benzene rings is 3. The fraction of sp³-hybridized carbons (Fsp3) is 0. The van der Waals surface area contributed by atoms with Gasteiger partial charge in [-0.15, -0.1) is 0 Å². The van der Waals surface area contributed by atoms with Gasteiger partial charge in [0, 0.05) is 0 Å². The molecule has 0 saturated carbocycles. The first-order chi connectivity index (χ1) is 32.1. The van der Waals surface area contributed by atoms with Crippen molar-refractivity contribution in [2.24, 2.45) is 15.0 Å². The maximum absolute atomic E-state index is 16.0. The molecule has 0 atom stereocenters. The third-order valence-electron chi connectivity index (χ3n) is 10.7. The molecule has 0 aliphatic carbocycles. The van der Waals surface area contributed by atoms with Crippen LogP contribution in [0.5, 0.6) is 0 Å². The van der Waals surface area contributed by atoms with E-state index < -0.39 is 172 Å². The fourth-order valence-electron chi connectivity index (χ4n) is 7.80. The van der Waals surface area contributed by atoms with Gasteiger partial charge in [-0.2, -0.15) is 0 Å². The summed E-state index contributed by atoms with van der Waals surface area (Å²) in [6.07, 6.45) is 14.1. The third kappa shape index (κ3) is 7.00. The van der Waals surface area contributed by atoms with Crippen molar-refractivity contribution in [1.29, 1.82) is 0 Å². The molecule has 0 bridgehead atoms. The van der Waals surface area contributed by atoms with Crippen molar-refractivity contribution in [3.05, 3.63) is 230 Å². The molecule has 0 fully saturated rings. The molecule has 9 rings (SSSR count). The minimum absolute atomic E-state index is 0.394. The minimum atomic E-state index is -5.04. The summed E-state index contributed by atoms with van der Waals surface area (Å²) in [6.45, 7) is 0. The van der Waals surface area contributed by atoms with Crippen LogP contribution in [0.15, 0.2) is 124 Å². The van der Waals surface area contributed by atoms with Crippen LogP contribution in [0.4, 0.5) is 65.9 Å². The Morgan fingerprint density at radius 3 is 0.761 bits per heavy atom. The van der Waals surface area contributed by atoms with Crippen molar-refractivity contribution in [2.45, 2.75) is 0 Å². The van der Waals surface area contributed by atoms with E-state index >= 15 is 52.7 Å². The summed E-state index contributed by atoms with van der Waals surface area (Å²) >= 11 is -5.04. The van der Waals surface area contributed by atoms with Crippen LogP contribution in [0, 0.1) is 87.3 Å². The number of hydrogen-bond donors (Lipinski definition) is 0. The Bertz CT molecular complexity index is 2950. The van der Waals surface area contributed by atoms with E-state index in [0.717, 1.165) is 55.1 Å². The summed E-state index contributed by atoms with van der Waals surface area (Å²) in [5.41, 5.74) is -9.21. The van der Waals surface area contributed by atoms with E-state index in [2.05, 4.69) is 15.0 Å². The summed E-state index contributed by atoms with van der Waals surface area (Å²) in [4.78, 5) is 12.2. The zero-order chi connectivity index (χ0) is 47.7. The molecule has 6 aromatic rings. The summed E-state index contributed by atoms with van der Waals surface area (Å²) in [5.74, 6) is -35.6. The first kappa shape index (κ1) is 44.7. The van der Waals surface area contributed by atoms with Gasteiger partial charge in [-0.3, -0.25) is 0 Å². The normalized spacial score (nSPS) is 16.2. The Balaban J connectivity index is 1.41. The van der Waals surface area contributed by atoms with Gasteiger partial charge in [-0.1, -0.05) is 0 Å². The zero-order valence-electron chi connectivity index (χ0n) is 32.8. The van der Waals surface area contributed by atoms with E-state index in [1.807, 2.05) is 0 Å². The van der Waals surface area contributed by atoms with E-state index in [4.69, 9.17) is 0 Å². The van der Waals surface area contributed by atoms with Crippen LogP contribution in [0.3, 0.4) is 0 Å². The van der Waals surface area contributed by atoms with E-state index in [-0.39, 0.29) is 0 Å². The van der Waals surface area contributed by atoms with Gasteiger partial charge in [0.25, 0.3) is 0 Å². The van der Waals surface area contributed by atoms with Crippen LogP contribution in [0.2, 0.25) is 0 Å². The third-order valence-corrected chi connectivity index (χ3v) is 16.6. The number of allylic oxidation sites excluding steroid dienone is 6. The first-order valence-electron chi connectivity index (χ1n) is 19.0. The van der Waals surface area contributed by atoms with Crippen molar-refractivity contribution >= 4 is 52.3 Å². The SMILES string of the molecule is Fc1c(F)c(F)c(C(=C2C=CC=N2)c2ccc[n]2[Ga]([n]2cccc2C(=C2C=CC=N2)c2c(F)c(F)c(F)c(F)c2F)[n]2cccc2C(=C2C=CC=N2)c2c(F)c(F)c(F)c(F)c2F)c(F)c1F. The van der Waals surface area contributed by atoms with Crippen molar-refractivity contribution in [3.63, 3.8) is 0 Å². The predicted octanol–water partition coefficient (Wildman–Crippen LogP) is 11.3. The molecule has 0 radical (unpaired) electrons. The molecule has 3 aliphatic heterocycles. The Labute approximate surface area is 371 Å². The molecule has 0 unspecified atom stereocenters. The van der Waals surface area contributed by atoms with E-state index in [1.165, 1.54) is 64.8 Å². The molecule has 336 valence electrons. The number of nitrogens with zero attached hydrogens (tertiary/aromatic N) is 6. The Morgan fingerprint density at radius 2 is 0.552 bits per heavy atom. The molecule has 3 aromatic heterocycles. The molecule has 3 aromatic carbocycles. The number of rotatable bonds is 9.